The molecule has 0 saturated carbocycles. The second kappa shape index (κ2) is 3.79. The van der Waals surface area contributed by atoms with Gasteiger partial charge < -0.3 is 0 Å². The van der Waals surface area contributed by atoms with Crippen LogP contribution in [0.4, 0.5) is 13.2 Å². The number of H-pyrrole nitrogens is 1. The quantitative estimate of drug-likeness (QED) is 0.790. The summed E-state index contributed by atoms with van der Waals surface area (Å²) in [5, 5.41) is 6.43. The molecule has 2 rings (SSSR count). The lowest BCUT2D eigenvalue weighted by Crippen LogP contribution is -2.30. The van der Waals surface area contributed by atoms with E-state index in [1.165, 1.54) is 6.20 Å². The standard InChI is InChI=1S/C11H15F3N2/c1-6(2)7-3-9(11(12,13)14)8-5-15-16-10(8)4-7/h5-7,9H,3-4H2,1-2H3,(H,15,16). The maximum atomic E-state index is 12.9. The average molecular weight is 232 g/mol. The minimum absolute atomic E-state index is 0.0829. The van der Waals surface area contributed by atoms with Gasteiger partial charge in [-0.3, -0.25) is 5.10 Å². The van der Waals surface area contributed by atoms with Gasteiger partial charge in [-0.15, -0.1) is 0 Å². The second-order valence-corrected chi connectivity index (χ2v) is 4.84. The van der Waals surface area contributed by atoms with E-state index in [0.29, 0.717) is 17.7 Å². The third-order valence-corrected chi connectivity index (χ3v) is 3.47. The van der Waals surface area contributed by atoms with Crippen molar-refractivity contribution < 1.29 is 13.2 Å². The van der Waals surface area contributed by atoms with Gasteiger partial charge in [0.15, 0.2) is 0 Å². The fourth-order valence-corrected chi connectivity index (χ4v) is 2.38. The number of fused-ring (bicyclic) bond motifs is 1. The Balaban J connectivity index is 2.33. The van der Waals surface area contributed by atoms with Crippen LogP contribution in [0.25, 0.3) is 0 Å². The molecule has 0 aromatic carbocycles. The molecule has 1 N–H and O–H groups in total. The molecule has 2 unspecified atom stereocenters. The lowest BCUT2D eigenvalue weighted by Gasteiger charge is -2.32. The van der Waals surface area contributed by atoms with Gasteiger partial charge in [0.05, 0.1) is 12.1 Å². The van der Waals surface area contributed by atoms with Crippen LogP contribution in [0.1, 0.15) is 37.4 Å². The van der Waals surface area contributed by atoms with Gasteiger partial charge in [-0.25, -0.2) is 0 Å². The summed E-state index contributed by atoms with van der Waals surface area (Å²) in [6.07, 6.45) is -1.97. The van der Waals surface area contributed by atoms with Crippen LogP contribution in [0.5, 0.6) is 0 Å². The van der Waals surface area contributed by atoms with Crippen molar-refractivity contribution in [3.8, 4) is 0 Å². The van der Waals surface area contributed by atoms with Crippen LogP contribution < -0.4 is 0 Å². The third kappa shape index (κ3) is 1.95. The van der Waals surface area contributed by atoms with Crippen molar-refractivity contribution >= 4 is 0 Å². The van der Waals surface area contributed by atoms with Gasteiger partial charge in [0.25, 0.3) is 0 Å². The number of hydrogen-bond acceptors (Lipinski definition) is 1. The molecule has 0 aliphatic heterocycles. The zero-order valence-corrected chi connectivity index (χ0v) is 9.30. The molecule has 0 fully saturated rings. The predicted octanol–water partition coefficient (Wildman–Crippen LogP) is 3.27. The Hall–Kier alpha value is -1.00. The van der Waals surface area contributed by atoms with Gasteiger partial charge in [0.2, 0.25) is 0 Å². The third-order valence-electron chi connectivity index (χ3n) is 3.47. The summed E-state index contributed by atoms with van der Waals surface area (Å²) in [5.74, 6) is -0.997. The predicted molar refractivity (Wildman–Crippen MR) is 54.0 cm³/mol. The monoisotopic (exact) mass is 232 g/mol. The Morgan fingerprint density at radius 3 is 2.69 bits per heavy atom. The first-order valence-corrected chi connectivity index (χ1v) is 5.48. The van der Waals surface area contributed by atoms with E-state index in [0.717, 1.165) is 0 Å². The minimum Gasteiger partial charge on any atom is -0.282 e. The molecule has 1 aromatic heterocycles. The van der Waals surface area contributed by atoms with E-state index >= 15 is 0 Å². The molecule has 2 nitrogen and oxygen atoms in total. The summed E-state index contributed by atoms with van der Waals surface area (Å²) in [6, 6.07) is 0. The molecule has 0 amide bonds. The maximum Gasteiger partial charge on any atom is 0.395 e. The van der Waals surface area contributed by atoms with Gasteiger partial charge in [-0.1, -0.05) is 13.8 Å². The zero-order valence-electron chi connectivity index (χ0n) is 9.30. The molecule has 5 heteroatoms. The molecule has 1 aromatic rings. The van der Waals surface area contributed by atoms with Crippen molar-refractivity contribution in [3.05, 3.63) is 17.5 Å². The number of nitrogens with zero attached hydrogens (tertiary/aromatic N) is 1. The van der Waals surface area contributed by atoms with E-state index < -0.39 is 12.1 Å². The van der Waals surface area contributed by atoms with Crippen molar-refractivity contribution in [3.63, 3.8) is 0 Å². The maximum absolute atomic E-state index is 12.9. The van der Waals surface area contributed by atoms with Crippen LogP contribution in [-0.2, 0) is 6.42 Å². The number of rotatable bonds is 1. The number of hydrogen-bond donors (Lipinski definition) is 1. The Morgan fingerprint density at radius 2 is 2.12 bits per heavy atom. The highest BCUT2D eigenvalue weighted by atomic mass is 19.4. The van der Waals surface area contributed by atoms with Gasteiger partial charge in [0.1, 0.15) is 0 Å². The van der Waals surface area contributed by atoms with E-state index in [1.807, 2.05) is 13.8 Å². The molecule has 0 saturated heterocycles. The highest BCUT2D eigenvalue weighted by molar-refractivity contribution is 5.26. The first-order valence-electron chi connectivity index (χ1n) is 5.48. The molecule has 2 atom stereocenters. The summed E-state index contributed by atoms with van der Waals surface area (Å²) in [5.41, 5.74) is 0.997. The molecule has 1 aliphatic carbocycles. The highest BCUT2D eigenvalue weighted by Crippen LogP contribution is 2.45. The van der Waals surface area contributed by atoms with Crippen LogP contribution in [0.3, 0.4) is 0 Å². The Labute approximate surface area is 92.2 Å². The van der Waals surface area contributed by atoms with Crippen LogP contribution in [0, 0.1) is 11.8 Å². The molecule has 0 radical (unpaired) electrons. The summed E-state index contributed by atoms with van der Waals surface area (Å²) in [7, 11) is 0. The highest BCUT2D eigenvalue weighted by Gasteiger charge is 2.46. The zero-order chi connectivity index (χ0) is 11.9. The molecule has 0 spiro atoms. The summed E-state index contributed by atoms with van der Waals surface area (Å²) >= 11 is 0. The van der Waals surface area contributed by atoms with Crippen molar-refractivity contribution in [1.29, 1.82) is 0 Å². The Morgan fingerprint density at radius 1 is 1.44 bits per heavy atom. The topological polar surface area (TPSA) is 28.7 Å². The first-order chi connectivity index (χ1) is 7.39. The van der Waals surface area contributed by atoms with E-state index in [4.69, 9.17) is 0 Å². The van der Waals surface area contributed by atoms with Crippen LogP contribution in [0.15, 0.2) is 6.20 Å². The van der Waals surface area contributed by atoms with Gasteiger partial charge in [0, 0.05) is 11.3 Å². The van der Waals surface area contributed by atoms with E-state index in [2.05, 4.69) is 10.2 Å². The largest absolute Gasteiger partial charge is 0.395 e. The number of alkyl halides is 3. The van der Waals surface area contributed by atoms with Gasteiger partial charge >= 0.3 is 6.18 Å². The Kier molecular flexibility index (Phi) is 2.72. The van der Waals surface area contributed by atoms with Crippen molar-refractivity contribution in [1.82, 2.24) is 10.2 Å². The Bertz CT molecular complexity index is 368. The smallest absolute Gasteiger partial charge is 0.282 e. The van der Waals surface area contributed by atoms with E-state index in [1.54, 1.807) is 0 Å². The van der Waals surface area contributed by atoms with Crippen LogP contribution in [0.2, 0.25) is 0 Å². The van der Waals surface area contributed by atoms with Crippen molar-refractivity contribution in [2.75, 3.05) is 0 Å². The molecule has 16 heavy (non-hydrogen) atoms. The molecule has 90 valence electrons. The summed E-state index contributed by atoms with van der Waals surface area (Å²) < 4.78 is 38.7. The van der Waals surface area contributed by atoms with Crippen molar-refractivity contribution in [2.45, 2.75) is 38.8 Å². The van der Waals surface area contributed by atoms with E-state index in [9.17, 15) is 13.2 Å². The molecular weight excluding hydrogens is 217 g/mol. The van der Waals surface area contributed by atoms with Crippen LogP contribution in [-0.4, -0.2) is 16.4 Å². The summed E-state index contributed by atoms with van der Waals surface area (Å²) in [4.78, 5) is 0. The second-order valence-electron chi connectivity index (χ2n) is 4.84. The normalized spacial score (nSPS) is 25.9. The average Bonchev–Trinajstić information content (AvgIpc) is 2.61. The van der Waals surface area contributed by atoms with Gasteiger partial charge in [-0.05, 0) is 24.7 Å². The fourth-order valence-electron chi connectivity index (χ4n) is 2.38. The minimum atomic E-state index is -4.16. The molecule has 1 aliphatic rings. The number of nitrogens with one attached hydrogen (secondary N) is 1. The van der Waals surface area contributed by atoms with Gasteiger partial charge in [-0.2, -0.15) is 18.3 Å². The number of halogens is 3. The molecule has 1 heterocycles. The van der Waals surface area contributed by atoms with Crippen molar-refractivity contribution in [2.24, 2.45) is 11.8 Å². The molecule has 0 bridgehead atoms. The number of aromatic amines is 1. The van der Waals surface area contributed by atoms with E-state index in [-0.39, 0.29) is 18.3 Å². The molecular formula is C11H15F3N2. The fraction of sp³-hybridized carbons (Fsp3) is 0.727. The SMILES string of the molecule is CC(C)C1Cc2[nH]ncc2C(C(F)(F)F)C1. The number of aromatic nitrogens is 2. The first kappa shape index (κ1) is 11.5. The lowest BCUT2D eigenvalue weighted by molar-refractivity contribution is -0.156. The van der Waals surface area contributed by atoms with Crippen LogP contribution >= 0.6 is 0 Å². The summed E-state index contributed by atoms with van der Waals surface area (Å²) in [6.45, 7) is 3.94. The lowest BCUT2D eigenvalue weighted by atomic mass is 9.75.